The summed E-state index contributed by atoms with van der Waals surface area (Å²) >= 11 is 6.51. The molecule has 2 fully saturated rings. The van der Waals surface area contributed by atoms with Crippen molar-refractivity contribution in [3.8, 4) is 5.75 Å². The lowest BCUT2D eigenvalue weighted by atomic mass is 9.83. The Labute approximate surface area is 241 Å². The van der Waals surface area contributed by atoms with Crippen molar-refractivity contribution < 1.29 is 34.6 Å². The number of ether oxygens (including phenoxy) is 3. The molecule has 0 amide bonds. The second kappa shape index (κ2) is 14.2. The molecular weight excluding hydrogens is 534 g/mol. The molecule has 2 aromatic carbocycles. The summed E-state index contributed by atoms with van der Waals surface area (Å²) in [4.78, 5) is 0. The van der Waals surface area contributed by atoms with Crippen molar-refractivity contribution in [2.45, 2.75) is 93.9 Å². The van der Waals surface area contributed by atoms with E-state index in [0.717, 1.165) is 42.6 Å². The molecule has 2 aliphatic heterocycles. The second-order valence-electron chi connectivity index (χ2n) is 11.0. The Bertz CT molecular complexity index is 1100. The number of benzene rings is 2. The molecule has 5 N–H and O–H groups in total. The molecule has 0 radical (unpaired) electrons. The molecule has 0 spiro atoms. The van der Waals surface area contributed by atoms with Gasteiger partial charge in [-0.05, 0) is 67.3 Å². The molecule has 2 bridgehead atoms. The molecule has 5 atom stereocenters. The lowest BCUT2D eigenvalue weighted by Gasteiger charge is -2.46. The molecule has 2 aliphatic rings. The normalized spacial score (nSPS) is 27.6. The van der Waals surface area contributed by atoms with Gasteiger partial charge in [-0.2, -0.15) is 0 Å². The van der Waals surface area contributed by atoms with Crippen molar-refractivity contribution in [1.29, 1.82) is 5.41 Å². The summed E-state index contributed by atoms with van der Waals surface area (Å²) < 4.78 is 17.7. The molecule has 4 rings (SSSR count). The van der Waals surface area contributed by atoms with Crippen LogP contribution in [0.4, 0.5) is 0 Å². The Kier molecular flexibility index (Phi) is 11.0. The van der Waals surface area contributed by atoms with Gasteiger partial charge in [0, 0.05) is 10.6 Å². The molecule has 2 aromatic rings. The van der Waals surface area contributed by atoms with Gasteiger partial charge in [0.25, 0.3) is 0 Å². The number of unbranched alkanes of at least 4 members (excludes halogenated alkanes) is 8. The van der Waals surface area contributed by atoms with Gasteiger partial charge in [0.2, 0.25) is 5.79 Å². The fourth-order valence-electron chi connectivity index (χ4n) is 5.52. The average molecular weight is 576 g/mol. The third-order valence-corrected chi connectivity index (χ3v) is 8.38. The van der Waals surface area contributed by atoms with Crippen LogP contribution in [0.15, 0.2) is 42.5 Å². The molecule has 220 valence electrons. The SMILES string of the molecule is N=CCCCCCCCCCCOc1ccc(Cc2cc([C@]34OC[C@](CO)(O3)[C@@H](O)[C@H](O)[C@H]4O)ccc2Cl)cc1. The van der Waals surface area contributed by atoms with Gasteiger partial charge in [-0.15, -0.1) is 0 Å². The molecule has 0 unspecified atom stereocenters. The Morgan fingerprint density at radius 2 is 1.60 bits per heavy atom. The number of hydrogen-bond acceptors (Lipinski definition) is 8. The lowest BCUT2D eigenvalue weighted by Crippen LogP contribution is -2.65. The molecule has 0 aliphatic carbocycles. The number of halogens is 1. The first-order valence-electron chi connectivity index (χ1n) is 14.3. The average Bonchev–Trinajstić information content (AvgIpc) is 3.36. The van der Waals surface area contributed by atoms with Gasteiger partial charge in [0.05, 0.1) is 19.8 Å². The molecule has 2 heterocycles. The van der Waals surface area contributed by atoms with Gasteiger partial charge in [0.15, 0.2) is 0 Å². The highest BCUT2D eigenvalue weighted by Gasteiger charge is 2.67. The minimum atomic E-state index is -1.72. The van der Waals surface area contributed by atoms with Crippen LogP contribution in [-0.2, 0) is 21.7 Å². The van der Waals surface area contributed by atoms with Gasteiger partial charge in [0.1, 0.15) is 29.7 Å². The Balaban J connectivity index is 1.28. The number of aliphatic hydroxyl groups is 4. The summed E-state index contributed by atoms with van der Waals surface area (Å²) in [7, 11) is 0. The highest BCUT2D eigenvalue weighted by atomic mass is 35.5. The molecule has 0 aromatic heterocycles. The second-order valence-corrected chi connectivity index (χ2v) is 11.4. The summed E-state index contributed by atoms with van der Waals surface area (Å²) in [6.45, 7) is -0.0555. The first-order chi connectivity index (χ1) is 19.3. The molecule has 2 saturated heterocycles. The summed E-state index contributed by atoms with van der Waals surface area (Å²) in [5.74, 6) is -0.903. The van der Waals surface area contributed by atoms with Crippen molar-refractivity contribution in [2.24, 2.45) is 0 Å². The van der Waals surface area contributed by atoms with Crippen LogP contribution in [0.5, 0.6) is 5.75 Å². The first-order valence-corrected chi connectivity index (χ1v) is 14.7. The van der Waals surface area contributed by atoms with E-state index >= 15 is 0 Å². The fraction of sp³-hybridized carbons (Fsp3) is 0.581. The third-order valence-electron chi connectivity index (χ3n) is 8.01. The van der Waals surface area contributed by atoms with Crippen LogP contribution in [0.3, 0.4) is 0 Å². The van der Waals surface area contributed by atoms with Gasteiger partial charge in [-0.1, -0.05) is 68.3 Å². The molecule has 9 heteroatoms. The minimum Gasteiger partial charge on any atom is -0.494 e. The monoisotopic (exact) mass is 575 g/mol. The van der Waals surface area contributed by atoms with Crippen molar-refractivity contribution in [3.63, 3.8) is 0 Å². The first kappa shape index (κ1) is 30.9. The van der Waals surface area contributed by atoms with Crippen LogP contribution in [0.2, 0.25) is 5.02 Å². The largest absolute Gasteiger partial charge is 0.494 e. The Morgan fingerprint density at radius 1 is 0.925 bits per heavy atom. The molecule has 8 nitrogen and oxygen atoms in total. The van der Waals surface area contributed by atoms with E-state index in [1.54, 1.807) is 18.2 Å². The van der Waals surface area contributed by atoms with E-state index in [1.165, 1.54) is 38.3 Å². The maximum Gasteiger partial charge on any atom is 0.225 e. The molecular formula is C31H42ClNO7. The topological polar surface area (TPSA) is 132 Å². The number of fused-ring (bicyclic) bond motifs is 2. The number of rotatable bonds is 16. The summed E-state index contributed by atoms with van der Waals surface area (Å²) in [6, 6.07) is 13.0. The smallest absolute Gasteiger partial charge is 0.225 e. The van der Waals surface area contributed by atoms with Gasteiger partial charge in [-0.3, -0.25) is 0 Å². The summed E-state index contributed by atoms with van der Waals surface area (Å²) in [5, 5.41) is 49.1. The zero-order valence-corrected chi connectivity index (χ0v) is 23.7. The van der Waals surface area contributed by atoms with Crippen molar-refractivity contribution in [3.05, 3.63) is 64.2 Å². The quantitative estimate of drug-likeness (QED) is 0.147. The zero-order chi connectivity index (χ0) is 28.6. The van der Waals surface area contributed by atoms with E-state index in [1.807, 2.05) is 24.3 Å². The Morgan fingerprint density at radius 3 is 2.27 bits per heavy atom. The standard InChI is InChI=1S/C31H42ClNO7/c32-26-15-12-24(31-29(37)27(35)28(36)30(20-34,40-31)21-39-31)19-23(26)18-22-10-13-25(14-11-22)38-17-9-7-5-3-1-2-4-6-8-16-33/h10-16,19,27-29,33-37H,1-9,17-18,20-21H2/t27-,28-,29+,30-,31-/m0/s1. The predicted molar refractivity (Wildman–Crippen MR) is 153 cm³/mol. The molecule has 0 saturated carbocycles. The number of aliphatic hydroxyl groups excluding tert-OH is 4. The van der Waals surface area contributed by atoms with Crippen LogP contribution >= 0.6 is 11.6 Å². The number of hydrogen-bond donors (Lipinski definition) is 5. The van der Waals surface area contributed by atoms with E-state index in [-0.39, 0.29) is 6.61 Å². The van der Waals surface area contributed by atoms with Crippen molar-refractivity contribution in [2.75, 3.05) is 19.8 Å². The van der Waals surface area contributed by atoms with Gasteiger partial charge < -0.3 is 40.0 Å². The molecule has 40 heavy (non-hydrogen) atoms. The van der Waals surface area contributed by atoms with Crippen LogP contribution in [0, 0.1) is 5.41 Å². The zero-order valence-electron chi connectivity index (χ0n) is 22.9. The minimum absolute atomic E-state index is 0.175. The Hall–Kier alpha value is -2.04. The van der Waals surface area contributed by atoms with Crippen LogP contribution in [0.1, 0.15) is 74.5 Å². The van der Waals surface area contributed by atoms with E-state index < -0.39 is 36.3 Å². The maximum atomic E-state index is 10.8. The summed E-state index contributed by atoms with van der Waals surface area (Å²) in [6.07, 6.45) is 7.86. The maximum absolute atomic E-state index is 10.8. The third kappa shape index (κ3) is 6.87. The van der Waals surface area contributed by atoms with Crippen molar-refractivity contribution in [1.82, 2.24) is 0 Å². The van der Waals surface area contributed by atoms with E-state index in [9.17, 15) is 20.4 Å². The summed E-state index contributed by atoms with van der Waals surface area (Å²) in [5.41, 5.74) is 0.722. The van der Waals surface area contributed by atoms with Crippen LogP contribution < -0.4 is 4.74 Å². The lowest BCUT2D eigenvalue weighted by molar-refractivity contribution is -0.329. The number of nitrogens with one attached hydrogen (secondary N) is 1. The van der Waals surface area contributed by atoms with Gasteiger partial charge in [-0.25, -0.2) is 0 Å². The van der Waals surface area contributed by atoms with E-state index in [2.05, 4.69) is 0 Å². The van der Waals surface area contributed by atoms with Crippen molar-refractivity contribution >= 4 is 17.8 Å². The van der Waals surface area contributed by atoms with Gasteiger partial charge >= 0.3 is 0 Å². The predicted octanol–water partition coefficient (Wildman–Crippen LogP) is 4.50. The van der Waals surface area contributed by atoms with E-state index in [4.69, 9.17) is 31.2 Å². The van der Waals surface area contributed by atoms with Crippen LogP contribution in [-0.4, -0.2) is 70.4 Å². The highest BCUT2D eigenvalue weighted by Crippen LogP contribution is 2.49. The van der Waals surface area contributed by atoms with Crippen LogP contribution in [0.25, 0.3) is 0 Å². The highest BCUT2D eigenvalue weighted by molar-refractivity contribution is 6.31. The van der Waals surface area contributed by atoms with E-state index in [0.29, 0.717) is 23.6 Å². The fourth-order valence-corrected chi connectivity index (χ4v) is 5.71.